The number of nitrogens with zero attached hydrogens (tertiary/aromatic N) is 5. The van der Waals surface area contributed by atoms with Crippen LogP contribution in [-0.2, 0) is 21.1 Å². The van der Waals surface area contributed by atoms with Gasteiger partial charge >= 0.3 is 21.1 Å². The summed E-state index contributed by atoms with van der Waals surface area (Å²) in [6.45, 7) is 0. The molecular formula is C41H23N5OPt. The number of para-hydroxylation sites is 1. The minimum atomic E-state index is 0. The largest absolute Gasteiger partial charge is 2.00 e. The smallest absolute Gasteiger partial charge is 0.497 e. The summed E-state index contributed by atoms with van der Waals surface area (Å²) >= 11 is 0. The SMILES string of the molecule is [Pt+2].[c-]1c(Oc2[c-]c3c(cc2)c2ccccc2n2c(-c4ccccc4)cnc32)ccc2c1c1nc(-c3ccccc3)cn1c1ncccc21. The van der Waals surface area contributed by atoms with Crippen LogP contribution in [0.4, 0.5) is 0 Å². The Bertz CT molecular complexity index is 2780. The molecule has 0 aliphatic rings. The Morgan fingerprint density at radius 1 is 0.542 bits per heavy atom. The molecule has 0 atom stereocenters. The van der Waals surface area contributed by atoms with Gasteiger partial charge < -0.3 is 13.5 Å². The molecule has 0 N–H and O–H groups in total. The number of fused-ring (bicyclic) bond motifs is 12. The number of imidazole rings is 2. The molecule has 0 saturated carbocycles. The van der Waals surface area contributed by atoms with Crippen LogP contribution in [-0.4, -0.2) is 23.8 Å². The average molecular weight is 797 g/mol. The molecule has 0 unspecified atom stereocenters. The molecule has 48 heavy (non-hydrogen) atoms. The fraction of sp³-hybridized carbons (Fsp3) is 0. The van der Waals surface area contributed by atoms with Gasteiger partial charge in [-0.1, -0.05) is 131 Å². The molecule has 7 heteroatoms. The van der Waals surface area contributed by atoms with Crippen molar-refractivity contribution in [2.24, 2.45) is 0 Å². The van der Waals surface area contributed by atoms with E-state index in [2.05, 4.69) is 95.4 Å². The molecule has 0 spiro atoms. The van der Waals surface area contributed by atoms with Crippen molar-refractivity contribution in [3.05, 3.63) is 152 Å². The Morgan fingerprint density at radius 2 is 1.19 bits per heavy atom. The minimum Gasteiger partial charge on any atom is -0.497 e. The van der Waals surface area contributed by atoms with E-state index in [1.54, 1.807) is 0 Å². The first kappa shape index (κ1) is 28.4. The number of aromatic nitrogens is 5. The van der Waals surface area contributed by atoms with Gasteiger partial charge in [0.25, 0.3) is 0 Å². The van der Waals surface area contributed by atoms with Crippen molar-refractivity contribution in [2.45, 2.75) is 0 Å². The maximum absolute atomic E-state index is 6.50. The fourth-order valence-corrected chi connectivity index (χ4v) is 6.73. The van der Waals surface area contributed by atoms with E-state index in [1.165, 1.54) is 0 Å². The minimum absolute atomic E-state index is 0. The topological polar surface area (TPSA) is 56.7 Å². The molecule has 5 aromatic carbocycles. The molecule has 10 rings (SSSR count). The van der Waals surface area contributed by atoms with Gasteiger partial charge in [0, 0.05) is 41.2 Å². The van der Waals surface area contributed by atoms with Gasteiger partial charge in [-0.25, -0.2) is 4.98 Å². The summed E-state index contributed by atoms with van der Waals surface area (Å²) in [5.74, 6) is 1.16. The first-order chi connectivity index (χ1) is 23.3. The molecule has 6 nitrogen and oxygen atoms in total. The van der Waals surface area contributed by atoms with Crippen LogP contribution < -0.4 is 4.74 Å². The van der Waals surface area contributed by atoms with Crippen molar-refractivity contribution in [1.82, 2.24) is 23.8 Å². The molecule has 10 aromatic rings. The van der Waals surface area contributed by atoms with Crippen LogP contribution in [0.3, 0.4) is 0 Å². The third kappa shape index (κ3) is 4.34. The van der Waals surface area contributed by atoms with Gasteiger partial charge in [-0.05, 0) is 28.5 Å². The Labute approximate surface area is 289 Å². The molecule has 0 saturated heterocycles. The Kier molecular flexibility index (Phi) is 6.59. The molecule has 0 fully saturated rings. The number of hydrogen-bond donors (Lipinski definition) is 0. The van der Waals surface area contributed by atoms with E-state index in [4.69, 9.17) is 19.7 Å². The second-order valence-corrected chi connectivity index (χ2v) is 11.6. The summed E-state index contributed by atoms with van der Waals surface area (Å²) < 4.78 is 10.8. The molecule has 0 aliphatic carbocycles. The molecule has 0 aliphatic heterocycles. The monoisotopic (exact) mass is 796 g/mol. The number of rotatable bonds is 4. The number of benzene rings is 5. The third-order valence-corrected chi connectivity index (χ3v) is 8.85. The van der Waals surface area contributed by atoms with Crippen molar-refractivity contribution in [3.63, 3.8) is 0 Å². The normalized spacial score (nSPS) is 11.6. The zero-order valence-electron chi connectivity index (χ0n) is 25.2. The zero-order chi connectivity index (χ0) is 30.9. The van der Waals surface area contributed by atoms with E-state index in [0.717, 1.165) is 77.3 Å². The van der Waals surface area contributed by atoms with Gasteiger partial charge in [0.05, 0.1) is 22.7 Å². The fourth-order valence-electron chi connectivity index (χ4n) is 6.73. The van der Waals surface area contributed by atoms with E-state index >= 15 is 0 Å². The summed E-state index contributed by atoms with van der Waals surface area (Å²) in [7, 11) is 0. The van der Waals surface area contributed by atoms with Crippen molar-refractivity contribution in [3.8, 4) is 34.0 Å². The molecule has 5 heterocycles. The summed E-state index contributed by atoms with van der Waals surface area (Å²) in [6, 6.07) is 48.2. The number of ether oxygens (including phenoxy) is 1. The van der Waals surface area contributed by atoms with Crippen LogP contribution in [0, 0.1) is 12.1 Å². The Balaban J connectivity index is 0.00000314. The third-order valence-electron chi connectivity index (χ3n) is 8.85. The second kappa shape index (κ2) is 11.1. The Morgan fingerprint density at radius 3 is 1.96 bits per heavy atom. The molecule has 0 bridgehead atoms. The molecule has 5 aromatic heterocycles. The van der Waals surface area contributed by atoms with E-state index in [9.17, 15) is 0 Å². The van der Waals surface area contributed by atoms with Gasteiger partial charge in [-0.3, -0.25) is 9.97 Å². The molecule has 228 valence electrons. The summed E-state index contributed by atoms with van der Waals surface area (Å²) in [5, 5.41) is 5.99. The van der Waals surface area contributed by atoms with E-state index in [-0.39, 0.29) is 21.1 Å². The van der Waals surface area contributed by atoms with E-state index < -0.39 is 0 Å². The average Bonchev–Trinajstić information content (AvgIpc) is 3.79. The predicted octanol–water partition coefficient (Wildman–Crippen LogP) is 9.71. The van der Waals surface area contributed by atoms with Crippen LogP contribution in [0.5, 0.6) is 11.5 Å². The van der Waals surface area contributed by atoms with Gasteiger partial charge in [0.2, 0.25) is 0 Å². The maximum Gasteiger partial charge on any atom is 2.00 e. The first-order valence-electron chi connectivity index (χ1n) is 15.4. The van der Waals surface area contributed by atoms with Gasteiger partial charge in [0.15, 0.2) is 0 Å². The molecule has 0 amide bonds. The van der Waals surface area contributed by atoms with Crippen molar-refractivity contribution in [2.75, 3.05) is 0 Å². The molecular weight excluding hydrogens is 774 g/mol. The number of hydrogen-bond acceptors (Lipinski definition) is 4. The summed E-state index contributed by atoms with van der Waals surface area (Å²) in [5.41, 5.74) is 7.59. The van der Waals surface area contributed by atoms with Gasteiger partial charge in [-0.2, -0.15) is 0 Å². The maximum atomic E-state index is 6.50. The summed E-state index contributed by atoms with van der Waals surface area (Å²) in [6.07, 6.45) is 5.80. The van der Waals surface area contributed by atoms with Crippen molar-refractivity contribution in [1.29, 1.82) is 0 Å². The van der Waals surface area contributed by atoms with E-state index in [0.29, 0.717) is 11.5 Å². The second-order valence-electron chi connectivity index (χ2n) is 11.6. The van der Waals surface area contributed by atoms with Crippen LogP contribution >= 0.6 is 0 Å². The predicted molar refractivity (Wildman–Crippen MR) is 187 cm³/mol. The zero-order valence-corrected chi connectivity index (χ0v) is 27.5. The van der Waals surface area contributed by atoms with Crippen LogP contribution in [0.1, 0.15) is 0 Å². The first-order valence-corrected chi connectivity index (χ1v) is 15.4. The Hall–Kier alpha value is -5.84. The van der Waals surface area contributed by atoms with Crippen molar-refractivity contribution >= 4 is 54.8 Å². The van der Waals surface area contributed by atoms with Crippen LogP contribution in [0.15, 0.2) is 140 Å². The van der Waals surface area contributed by atoms with Crippen molar-refractivity contribution < 1.29 is 25.8 Å². The van der Waals surface area contributed by atoms with Gasteiger partial charge in [0.1, 0.15) is 5.65 Å². The quantitative estimate of drug-likeness (QED) is 0.132. The number of pyridine rings is 3. The van der Waals surface area contributed by atoms with Gasteiger partial charge in [-0.15, -0.1) is 12.1 Å². The standard InChI is InChI=1S/C41H23N5O.Pt/c1-3-10-26(11-4-1)36-25-45-39-33(15-9-21-42-39)31-20-18-29(23-35(31)41(45)44-36)47-28-17-19-30-32-14-7-8-16-37(32)46-38(27-12-5-2-6-13-27)24-43-40(46)34(30)22-28;/h1-21,24-25H;/q-2;+2. The summed E-state index contributed by atoms with van der Waals surface area (Å²) in [4.78, 5) is 14.7. The van der Waals surface area contributed by atoms with Crippen LogP contribution in [0.25, 0.3) is 77.3 Å². The molecule has 0 radical (unpaired) electrons. The van der Waals surface area contributed by atoms with E-state index in [1.807, 2.05) is 65.5 Å². The van der Waals surface area contributed by atoms with Crippen LogP contribution in [0.2, 0.25) is 0 Å².